The van der Waals surface area contributed by atoms with E-state index in [0.29, 0.717) is 23.8 Å². The summed E-state index contributed by atoms with van der Waals surface area (Å²) in [4.78, 5) is 12.3. The summed E-state index contributed by atoms with van der Waals surface area (Å²) in [6, 6.07) is 9.76. The van der Waals surface area contributed by atoms with Crippen molar-refractivity contribution in [3.8, 4) is 16.9 Å². The molecule has 27 heavy (non-hydrogen) atoms. The van der Waals surface area contributed by atoms with Gasteiger partial charge in [-0.2, -0.15) is 22.0 Å². The zero-order valence-corrected chi connectivity index (χ0v) is 13.9. The Bertz CT molecular complexity index is 1040. The second kappa shape index (κ2) is 6.68. The van der Waals surface area contributed by atoms with E-state index in [2.05, 4.69) is 0 Å². The SMILES string of the molecule is CCOc1ccc2cc(-c3ccccc3C(F)(F)C(F)(F)F)c(=O)oc2c1. The van der Waals surface area contributed by atoms with Gasteiger partial charge in [-0.1, -0.05) is 24.3 Å². The van der Waals surface area contributed by atoms with Crippen molar-refractivity contribution in [2.45, 2.75) is 19.0 Å². The minimum atomic E-state index is -5.80. The van der Waals surface area contributed by atoms with Crippen molar-refractivity contribution in [3.63, 3.8) is 0 Å². The summed E-state index contributed by atoms with van der Waals surface area (Å²) in [5.41, 5.74) is -3.12. The van der Waals surface area contributed by atoms with Crippen molar-refractivity contribution in [3.05, 3.63) is 64.5 Å². The highest BCUT2D eigenvalue weighted by Gasteiger charge is 2.59. The molecule has 0 atom stereocenters. The highest BCUT2D eigenvalue weighted by Crippen LogP contribution is 2.46. The lowest BCUT2D eigenvalue weighted by Crippen LogP contribution is -2.34. The molecule has 0 fully saturated rings. The van der Waals surface area contributed by atoms with Crippen LogP contribution in [0, 0.1) is 0 Å². The Labute approximate surface area is 150 Å². The molecule has 1 heterocycles. The van der Waals surface area contributed by atoms with Crippen LogP contribution in [0.4, 0.5) is 22.0 Å². The van der Waals surface area contributed by atoms with Crippen LogP contribution < -0.4 is 10.4 Å². The standard InChI is InChI=1S/C19H13F5O3/c1-2-26-12-8-7-11-9-14(17(25)27-16(11)10-12)13-5-3-4-6-15(13)18(20,21)19(22,23)24/h3-10H,2H2,1H3. The summed E-state index contributed by atoms with van der Waals surface area (Å²) in [6.07, 6.45) is -5.80. The van der Waals surface area contributed by atoms with Crippen molar-refractivity contribution in [2.24, 2.45) is 0 Å². The molecule has 2 aromatic carbocycles. The zero-order valence-electron chi connectivity index (χ0n) is 13.9. The number of hydrogen-bond acceptors (Lipinski definition) is 3. The van der Waals surface area contributed by atoms with E-state index in [4.69, 9.17) is 9.15 Å². The van der Waals surface area contributed by atoms with E-state index in [1.54, 1.807) is 13.0 Å². The second-order valence-electron chi connectivity index (χ2n) is 5.70. The van der Waals surface area contributed by atoms with Gasteiger partial charge in [0.2, 0.25) is 0 Å². The third-order valence-electron chi connectivity index (χ3n) is 3.93. The van der Waals surface area contributed by atoms with E-state index in [1.807, 2.05) is 0 Å². The van der Waals surface area contributed by atoms with Crippen molar-refractivity contribution in [1.82, 2.24) is 0 Å². The van der Waals surface area contributed by atoms with Gasteiger partial charge in [0.05, 0.1) is 12.2 Å². The van der Waals surface area contributed by atoms with E-state index >= 15 is 0 Å². The molecule has 0 N–H and O–H groups in total. The summed E-state index contributed by atoms with van der Waals surface area (Å²) >= 11 is 0. The number of benzene rings is 2. The topological polar surface area (TPSA) is 39.4 Å². The molecule has 1 aromatic heterocycles. The Kier molecular flexibility index (Phi) is 4.67. The molecule has 3 nitrogen and oxygen atoms in total. The Hall–Kier alpha value is -2.90. The van der Waals surface area contributed by atoms with Gasteiger partial charge in [0.1, 0.15) is 11.3 Å². The molecule has 0 radical (unpaired) electrons. The molecule has 0 aliphatic heterocycles. The van der Waals surface area contributed by atoms with Crippen LogP contribution in [0.25, 0.3) is 22.1 Å². The molecule has 3 rings (SSSR count). The van der Waals surface area contributed by atoms with Crippen LogP contribution >= 0.6 is 0 Å². The van der Waals surface area contributed by atoms with E-state index in [-0.39, 0.29) is 11.1 Å². The number of halogens is 5. The molecule has 0 aliphatic carbocycles. The van der Waals surface area contributed by atoms with Crippen LogP contribution in [-0.2, 0) is 5.92 Å². The molecular formula is C19H13F5O3. The molecule has 0 bridgehead atoms. The van der Waals surface area contributed by atoms with Gasteiger partial charge in [0.25, 0.3) is 0 Å². The maximum atomic E-state index is 13.9. The summed E-state index contributed by atoms with van der Waals surface area (Å²) < 4.78 is 76.7. The van der Waals surface area contributed by atoms with Gasteiger partial charge < -0.3 is 9.15 Å². The van der Waals surface area contributed by atoms with Gasteiger partial charge >= 0.3 is 17.7 Å². The van der Waals surface area contributed by atoms with E-state index < -0.39 is 28.9 Å². The number of hydrogen-bond donors (Lipinski definition) is 0. The first-order valence-electron chi connectivity index (χ1n) is 7.90. The minimum Gasteiger partial charge on any atom is -0.494 e. The normalized spacial score (nSPS) is 12.4. The quantitative estimate of drug-likeness (QED) is 0.440. The molecule has 8 heteroatoms. The Balaban J connectivity index is 2.21. The van der Waals surface area contributed by atoms with Crippen LogP contribution in [0.2, 0.25) is 0 Å². The number of rotatable bonds is 4. The van der Waals surface area contributed by atoms with E-state index in [9.17, 15) is 26.7 Å². The monoisotopic (exact) mass is 384 g/mol. The average Bonchev–Trinajstić information content (AvgIpc) is 2.60. The zero-order chi connectivity index (χ0) is 19.8. The highest BCUT2D eigenvalue weighted by atomic mass is 19.4. The molecule has 0 saturated heterocycles. The predicted octanol–water partition coefficient (Wildman–Crippen LogP) is 5.51. The third kappa shape index (κ3) is 3.39. The maximum absolute atomic E-state index is 13.9. The van der Waals surface area contributed by atoms with E-state index in [1.165, 1.54) is 24.3 Å². The van der Waals surface area contributed by atoms with Crippen LogP contribution in [-0.4, -0.2) is 12.8 Å². The Morgan fingerprint density at radius 2 is 1.67 bits per heavy atom. The summed E-state index contributed by atoms with van der Waals surface area (Å²) in [7, 11) is 0. The molecule has 0 spiro atoms. The first-order valence-corrected chi connectivity index (χ1v) is 7.90. The fourth-order valence-corrected chi connectivity index (χ4v) is 2.68. The molecule has 0 unspecified atom stereocenters. The fraction of sp³-hybridized carbons (Fsp3) is 0.211. The van der Waals surface area contributed by atoms with E-state index in [0.717, 1.165) is 12.1 Å². The first-order chi connectivity index (χ1) is 12.6. The molecule has 0 saturated carbocycles. The van der Waals surface area contributed by atoms with Gasteiger partial charge in [0, 0.05) is 17.0 Å². The van der Waals surface area contributed by atoms with Crippen LogP contribution in [0.3, 0.4) is 0 Å². The predicted molar refractivity (Wildman–Crippen MR) is 89.0 cm³/mol. The summed E-state index contributed by atoms with van der Waals surface area (Å²) in [6.45, 7) is 2.15. The minimum absolute atomic E-state index is 0.134. The third-order valence-corrected chi connectivity index (χ3v) is 3.93. The lowest BCUT2D eigenvalue weighted by Gasteiger charge is -2.22. The first kappa shape index (κ1) is 18.9. The highest BCUT2D eigenvalue weighted by molar-refractivity contribution is 5.83. The van der Waals surface area contributed by atoms with Gasteiger partial charge in [-0.25, -0.2) is 4.79 Å². The maximum Gasteiger partial charge on any atom is 0.458 e. The molecule has 142 valence electrons. The number of fused-ring (bicyclic) bond motifs is 1. The van der Waals surface area contributed by atoms with Crippen molar-refractivity contribution < 1.29 is 31.1 Å². The number of ether oxygens (including phenoxy) is 1. The van der Waals surface area contributed by atoms with Gasteiger partial charge in [-0.15, -0.1) is 0 Å². The van der Waals surface area contributed by atoms with Gasteiger partial charge in [-0.05, 0) is 30.7 Å². The van der Waals surface area contributed by atoms with Crippen LogP contribution in [0.15, 0.2) is 57.7 Å². The van der Waals surface area contributed by atoms with Crippen molar-refractivity contribution in [2.75, 3.05) is 6.61 Å². The lowest BCUT2D eigenvalue weighted by molar-refractivity contribution is -0.289. The average molecular weight is 384 g/mol. The Morgan fingerprint density at radius 3 is 2.33 bits per heavy atom. The van der Waals surface area contributed by atoms with Crippen LogP contribution in [0.1, 0.15) is 12.5 Å². The molecular weight excluding hydrogens is 371 g/mol. The van der Waals surface area contributed by atoms with Crippen LogP contribution in [0.5, 0.6) is 5.75 Å². The van der Waals surface area contributed by atoms with Gasteiger partial charge in [0.15, 0.2) is 0 Å². The lowest BCUT2D eigenvalue weighted by atomic mass is 9.95. The molecule has 0 aliphatic rings. The summed E-state index contributed by atoms with van der Waals surface area (Å²) in [5.74, 6) is -4.69. The Morgan fingerprint density at radius 1 is 0.963 bits per heavy atom. The molecule has 3 aromatic rings. The van der Waals surface area contributed by atoms with Gasteiger partial charge in [-0.3, -0.25) is 0 Å². The summed E-state index contributed by atoms with van der Waals surface area (Å²) in [5, 5.41) is 0.359. The second-order valence-corrected chi connectivity index (χ2v) is 5.70. The number of alkyl halides is 5. The largest absolute Gasteiger partial charge is 0.494 e. The fourth-order valence-electron chi connectivity index (χ4n) is 2.68. The van der Waals surface area contributed by atoms with Crippen molar-refractivity contribution >= 4 is 11.0 Å². The van der Waals surface area contributed by atoms with Crippen molar-refractivity contribution in [1.29, 1.82) is 0 Å². The molecule has 0 amide bonds. The smallest absolute Gasteiger partial charge is 0.458 e.